The number of carboxylic acid groups (broad SMARTS) is 1. The molecule has 0 aliphatic heterocycles. The molecule has 118 valence electrons. The first-order valence-electron chi connectivity index (χ1n) is 7.99. The van der Waals surface area contributed by atoms with Crippen molar-refractivity contribution in [2.45, 2.75) is 65.4 Å². The van der Waals surface area contributed by atoms with Gasteiger partial charge in [-0.25, -0.2) is 4.79 Å². The zero-order valence-corrected chi connectivity index (χ0v) is 13.6. The van der Waals surface area contributed by atoms with Crippen molar-refractivity contribution in [3.63, 3.8) is 0 Å². The summed E-state index contributed by atoms with van der Waals surface area (Å²) in [5.41, 5.74) is 2.21. The van der Waals surface area contributed by atoms with E-state index in [9.17, 15) is 4.79 Å². The second-order valence-corrected chi connectivity index (χ2v) is 5.90. The van der Waals surface area contributed by atoms with E-state index in [1.54, 1.807) is 0 Å². The first-order chi connectivity index (χ1) is 10.0. The topological polar surface area (TPSA) is 46.5 Å². The molecule has 0 amide bonds. The quantitative estimate of drug-likeness (QED) is 0.619. The van der Waals surface area contributed by atoms with Gasteiger partial charge in [0, 0.05) is 5.92 Å². The summed E-state index contributed by atoms with van der Waals surface area (Å²) in [6.07, 6.45) is 2.58. The van der Waals surface area contributed by atoms with Gasteiger partial charge < -0.3 is 9.84 Å². The molecule has 2 unspecified atom stereocenters. The molecule has 0 fully saturated rings. The van der Waals surface area contributed by atoms with Crippen LogP contribution in [0.1, 0.15) is 76.5 Å². The molecular weight excluding hydrogens is 264 g/mol. The van der Waals surface area contributed by atoms with Gasteiger partial charge in [0.25, 0.3) is 0 Å². The van der Waals surface area contributed by atoms with Crippen LogP contribution in [0.2, 0.25) is 0 Å². The van der Waals surface area contributed by atoms with E-state index in [1.165, 1.54) is 5.56 Å². The molecular formula is C18H28O3. The molecule has 0 saturated carbocycles. The zero-order chi connectivity index (χ0) is 15.8. The maximum Gasteiger partial charge on any atom is 0.506 e. The number of unbranched alkanes of at least 4 members (excludes halogenated alkanes) is 1. The van der Waals surface area contributed by atoms with Gasteiger partial charge in [0.1, 0.15) is 6.10 Å². The molecule has 21 heavy (non-hydrogen) atoms. The van der Waals surface area contributed by atoms with Crippen LogP contribution in [0, 0.1) is 5.92 Å². The van der Waals surface area contributed by atoms with Crippen LogP contribution in [-0.4, -0.2) is 11.3 Å². The maximum absolute atomic E-state index is 11.1. The minimum Gasteiger partial charge on any atom is -0.450 e. The second kappa shape index (κ2) is 8.71. The summed E-state index contributed by atoms with van der Waals surface area (Å²) in [5.74, 6) is 0.589. The Balaban J connectivity index is 3.14. The summed E-state index contributed by atoms with van der Waals surface area (Å²) in [4.78, 5) is 11.1. The number of hydrogen-bond donors (Lipinski definition) is 1. The standard InChI is InChI=1S/C18H28O3/c1-5-7-10-14(6-2)17(21-18(19)20)16-12-9-8-11-15(16)13(3)4/h8-9,11-14,17H,5-7,10H2,1-4H3,(H,19,20). The Kier molecular flexibility index (Phi) is 7.27. The third-order valence-electron chi connectivity index (χ3n) is 4.03. The number of carbonyl (C=O) groups is 1. The molecule has 0 radical (unpaired) electrons. The van der Waals surface area contributed by atoms with E-state index >= 15 is 0 Å². The van der Waals surface area contributed by atoms with Crippen molar-refractivity contribution < 1.29 is 14.6 Å². The highest BCUT2D eigenvalue weighted by atomic mass is 16.7. The summed E-state index contributed by atoms with van der Waals surface area (Å²) in [6, 6.07) is 8.05. The van der Waals surface area contributed by atoms with Gasteiger partial charge in [-0.1, -0.05) is 64.8 Å². The van der Waals surface area contributed by atoms with Gasteiger partial charge in [-0.15, -0.1) is 0 Å². The minimum absolute atomic E-state index is 0.237. The molecule has 0 aliphatic rings. The van der Waals surface area contributed by atoms with Crippen LogP contribution in [-0.2, 0) is 4.74 Å². The lowest BCUT2D eigenvalue weighted by Crippen LogP contribution is -2.20. The first-order valence-corrected chi connectivity index (χ1v) is 7.99. The molecule has 1 rings (SSSR count). The predicted octanol–water partition coefficient (Wildman–Crippen LogP) is 5.76. The Morgan fingerprint density at radius 1 is 1.19 bits per heavy atom. The Labute approximate surface area is 128 Å². The highest BCUT2D eigenvalue weighted by molar-refractivity contribution is 5.57. The SMILES string of the molecule is CCCCC(CC)C(OC(=O)O)c1ccccc1C(C)C. The molecule has 3 nitrogen and oxygen atoms in total. The molecule has 0 bridgehead atoms. The Bertz CT molecular complexity index is 440. The van der Waals surface area contributed by atoms with Gasteiger partial charge in [-0.3, -0.25) is 0 Å². The average molecular weight is 292 g/mol. The van der Waals surface area contributed by atoms with Gasteiger partial charge in [0.05, 0.1) is 0 Å². The number of ether oxygens (including phenoxy) is 1. The van der Waals surface area contributed by atoms with Gasteiger partial charge in [0.15, 0.2) is 0 Å². The zero-order valence-electron chi connectivity index (χ0n) is 13.6. The normalized spacial score (nSPS) is 14.0. The average Bonchev–Trinajstić information content (AvgIpc) is 2.46. The lowest BCUT2D eigenvalue weighted by atomic mass is 9.84. The van der Waals surface area contributed by atoms with Crippen LogP contribution >= 0.6 is 0 Å². The van der Waals surface area contributed by atoms with Gasteiger partial charge >= 0.3 is 6.16 Å². The van der Waals surface area contributed by atoms with E-state index < -0.39 is 6.16 Å². The van der Waals surface area contributed by atoms with Gasteiger partial charge in [-0.05, 0) is 29.9 Å². The van der Waals surface area contributed by atoms with Crippen LogP contribution in [0.5, 0.6) is 0 Å². The predicted molar refractivity (Wildman–Crippen MR) is 85.7 cm³/mol. The van der Waals surface area contributed by atoms with Crippen molar-refractivity contribution in [3.8, 4) is 0 Å². The van der Waals surface area contributed by atoms with E-state index in [0.717, 1.165) is 31.2 Å². The molecule has 0 heterocycles. The van der Waals surface area contributed by atoms with Crippen molar-refractivity contribution in [2.24, 2.45) is 5.92 Å². The molecule has 1 aromatic rings. The number of rotatable bonds is 8. The van der Waals surface area contributed by atoms with E-state index in [4.69, 9.17) is 9.84 Å². The van der Waals surface area contributed by atoms with E-state index in [1.807, 2.05) is 18.2 Å². The fourth-order valence-electron chi connectivity index (χ4n) is 2.85. The Morgan fingerprint density at radius 2 is 1.81 bits per heavy atom. The molecule has 1 aromatic carbocycles. The lowest BCUT2D eigenvalue weighted by Gasteiger charge is -2.28. The Morgan fingerprint density at radius 3 is 2.29 bits per heavy atom. The molecule has 0 aromatic heterocycles. The highest BCUT2D eigenvalue weighted by Crippen LogP contribution is 2.36. The van der Waals surface area contributed by atoms with Crippen LogP contribution in [0.25, 0.3) is 0 Å². The van der Waals surface area contributed by atoms with Crippen LogP contribution in [0.3, 0.4) is 0 Å². The molecule has 2 atom stereocenters. The fraction of sp³-hybridized carbons (Fsp3) is 0.611. The summed E-state index contributed by atoms with van der Waals surface area (Å²) in [5, 5.41) is 9.12. The van der Waals surface area contributed by atoms with Crippen molar-refractivity contribution in [3.05, 3.63) is 35.4 Å². The molecule has 0 spiro atoms. The summed E-state index contributed by atoms with van der Waals surface area (Å²) in [6.45, 7) is 8.52. The summed E-state index contributed by atoms with van der Waals surface area (Å²) < 4.78 is 5.29. The maximum atomic E-state index is 11.1. The molecule has 0 saturated heterocycles. The second-order valence-electron chi connectivity index (χ2n) is 5.90. The molecule has 0 aliphatic carbocycles. The van der Waals surface area contributed by atoms with Crippen LogP contribution in [0.4, 0.5) is 4.79 Å². The highest BCUT2D eigenvalue weighted by Gasteiger charge is 2.27. The molecule has 1 N–H and O–H groups in total. The minimum atomic E-state index is -1.19. The van der Waals surface area contributed by atoms with Crippen molar-refractivity contribution in [2.75, 3.05) is 0 Å². The van der Waals surface area contributed by atoms with Crippen molar-refractivity contribution in [1.82, 2.24) is 0 Å². The van der Waals surface area contributed by atoms with Crippen molar-refractivity contribution in [1.29, 1.82) is 0 Å². The summed E-state index contributed by atoms with van der Waals surface area (Å²) >= 11 is 0. The van der Waals surface area contributed by atoms with E-state index in [0.29, 0.717) is 5.92 Å². The first kappa shape index (κ1) is 17.5. The molecule has 3 heteroatoms. The number of hydrogen-bond acceptors (Lipinski definition) is 2. The summed E-state index contributed by atoms with van der Waals surface area (Å²) in [7, 11) is 0. The smallest absolute Gasteiger partial charge is 0.450 e. The van der Waals surface area contributed by atoms with Gasteiger partial charge in [0.2, 0.25) is 0 Å². The van der Waals surface area contributed by atoms with E-state index in [-0.39, 0.29) is 12.0 Å². The lowest BCUT2D eigenvalue weighted by molar-refractivity contribution is 0.0191. The third kappa shape index (κ3) is 5.07. The van der Waals surface area contributed by atoms with Crippen molar-refractivity contribution >= 4 is 6.16 Å². The Hall–Kier alpha value is -1.51. The number of benzene rings is 1. The monoisotopic (exact) mass is 292 g/mol. The van der Waals surface area contributed by atoms with Crippen LogP contribution in [0.15, 0.2) is 24.3 Å². The van der Waals surface area contributed by atoms with Gasteiger partial charge in [-0.2, -0.15) is 0 Å². The fourth-order valence-corrected chi connectivity index (χ4v) is 2.85. The third-order valence-corrected chi connectivity index (χ3v) is 4.03. The van der Waals surface area contributed by atoms with Crippen LogP contribution < -0.4 is 0 Å². The van der Waals surface area contributed by atoms with E-state index in [2.05, 4.69) is 33.8 Å². The largest absolute Gasteiger partial charge is 0.506 e.